The molecule has 272 valence electrons. The quantitative estimate of drug-likeness (QED) is 0.165. The highest BCUT2D eigenvalue weighted by molar-refractivity contribution is 8.01. The molecule has 4 heteroatoms. The van der Waals surface area contributed by atoms with E-state index in [1.807, 2.05) is 30.0 Å². The van der Waals surface area contributed by atoms with Gasteiger partial charge in [-0.1, -0.05) is 152 Å². The number of hydrogen-bond acceptors (Lipinski definition) is 3. The Kier molecular flexibility index (Phi) is 8.11. The van der Waals surface area contributed by atoms with Crippen LogP contribution in [-0.2, 0) is 6.42 Å². The molecule has 8 aromatic rings. The van der Waals surface area contributed by atoms with E-state index in [1.165, 1.54) is 65.7 Å². The average molecular weight is 750 g/mol. The predicted octanol–water partition coefficient (Wildman–Crippen LogP) is 11.0. The molecule has 2 N–H and O–H groups in total. The molecule has 2 atom stereocenters. The van der Waals surface area contributed by atoms with Crippen LogP contribution in [0.4, 0.5) is 11.4 Å². The summed E-state index contributed by atoms with van der Waals surface area (Å²) in [5.41, 5.74) is 22.3. The third-order valence-corrected chi connectivity index (χ3v) is 13.1. The minimum Gasteiger partial charge on any atom is -0.398 e. The monoisotopic (exact) mass is 749 g/mol. The number of aromatic nitrogens is 1. The molecule has 0 spiro atoms. The Balaban J connectivity index is 1.17. The van der Waals surface area contributed by atoms with Crippen LogP contribution in [0.2, 0.25) is 0 Å². The minimum atomic E-state index is 0.169. The van der Waals surface area contributed by atoms with Crippen molar-refractivity contribution in [3.63, 3.8) is 0 Å². The number of hydrogen-bond donors (Lipinski definition) is 1. The molecule has 0 saturated carbocycles. The van der Waals surface area contributed by atoms with Crippen LogP contribution >= 0.6 is 11.8 Å². The molecule has 3 nitrogen and oxygen atoms in total. The lowest BCUT2D eigenvalue weighted by atomic mass is 9.83. The fourth-order valence-corrected chi connectivity index (χ4v) is 10.8. The van der Waals surface area contributed by atoms with E-state index in [0.29, 0.717) is 0 Å². The summed E-state index contributed by atoms with van der Waals surface area (Å²) in [4.78, 5) is 3.91. The standard InChI is InChI=1S/C53H39N3S/c54-44(37-18-6-2-7-19-37)34-38(29-28-35-16-4-1-5-17-35)36-30-32-40(33-31-36)56-45-25-13-10-22-41(45)48-49-43-24-12-15-27-47(43)57-53(49)50-42-23-11-14-26-46(42)55(52(50)51(48)56)39-20-8-3-9-21-39/h1-27,29-34,50,53H,28,54H2/b38-29+,44-34-. The van der Waals surface area contributed by atoms with Gasteiger partial charge < -0.3 is 15.2 Å². The van der Waals surface area contributed by atoms with Crippen molar-refractivity contribution in [2.45, 2.75) is 22.5 Å². The first kappa shape index (κ1) is 33.6. The van der Waals surface area contributed by atoms with Gasteiger partial charge in [-0.25, -0.2) is 0 Å². The van der Waals surface area contributed by atoms with Crippen LogP contribution in [0, 0.1) is 0 Å². The number of para-hydroxylation sites is 3. The number of allylic oxidation sites excluding steroid dienone is 3. The highest BCUT2D eigenvalue weighted by Gasteiger charge is 2.48. The van der Waals surface area contributed by atoms with Gasteiger partial charge in [0.05, 0.1) is 16.6 Å². The van der Waals surface area contributed by atoms with Crippen LogP contribution in [0.5, 0.6) is 0 Å². The zero-order valence-electron chi connectivity index (χ0n) is 31.3. The Hall–Kier alpha value is -6.75. The Bertz CT molecular complexity index is 3020. The Morgan fingerprint density at radius 2 is 1.28 bits per heavy atom. The molecule has 0 fully saturated rings. The summed E-state index contributed by atoms with van der Waals surface area (Å²) in [7, 11) is 0. The number of nitrogens with zero attached hydrogens (tertiary/aromatic N) is 2. The molecule has 0 bridgehead atoms. The van der Waals surface area contributed by atoms with Crippen molar-refractivity contribution in [2.24, 2.45) is 5.73 Å². The number of rotatable bonds is 7. The number of anilines is 2. The zero-order valence-corrected chi connectivity index (χ0v) is 32.1. The lowest BCUT2D eigenvalue weighted by Crippen LogP contribution is -2.43. The topological polar surface area (TPSA) is 34.2 Å². The Morgan fingerprint density at radius 1 is 0.614 bits per heavy atom. The zero-order chi connectivity index (χ0) is 37.9. The van der Waals surface area contributed by atoms with Crippen LogP contribution < -0.4 is 21.2 Å². The van der Waals surface area contributed by atoms with Crippen LogP contribution in [0.15, 0.2) is 205 Å². The van der Waals surface area contributed by atoms with Crippen LogP contribution in [0.3, 0.4) is 0 Å². The Morgan fingerprint density at radius 3 is 2.09 bits per heavy atom. The molecule has 7 aromatic carbocycles. The highest BCUT2D eigenvalue weighted by Crippen LogP contribution is 2.59. The molecule has 1 aromatic heterocycles. The van der Waals surface area contributed by atoms with Gasteiger partial charge in [-0.2, -0.15) is 0 Å². The van der Waals surface area contributed by atoms with Crippen molar-refractivity contribution in [1.82, 2.24) is 4.57 Å². The summed E-state index contributed by atoms with van der Waals surface area (Å²) in [6.45, 7) is 0. The molecule has 2 aliphatic heterocycles. The van der Waals surface area contributed by atoms with Gasteiger partial charge >= 0.3 is 0 Å². The van der Waals surface area contributed by atoms with Crippen LogP contribution in [0.1, 0.15) is 33.7 Å². The van der Waals surface area contributed by atoms with Gasteiger partial charge in [-0.15, -0.1) is 11.8 Å². The van der Waals surface area contributed by atoms with Gasteiger partial charge in [0.2, 0.25) is 0 Å². The second-order valence-electron chi connectivity index (χ2n) is 15.0. The second kappa shape index (κ2) is 13.8. The van der Waals surface area contributed by atoms with Gasteiger partial charge in [0.25, 0.3) is 0 Å². The SMILES string of the molecule is N/C(=C\C(=C/Cc1ccccc1)c1ccc(-n2c3c(c4ccccc42)=C2c4ccccc4SC2C2C=3N(c3ccccc3)c3ccccc32)cc1)c1ccccc1. The lowest BCUT2D eigenvalue weighted by molar-refractivity contribution is 0.891. The first-order chi connectivity index (χ1) is 28.2. The highest BCUT2D eigenvalue weighted by atomic mass is 32.2. The van der Waals surface area contributed by atoms with E-state index >= 15 is 0 Å². The summed E-state index contributed by atoms with van der Waals surface area (Å²) in [5, 5.41) is 4.15. The van der Waals surface area contributed by atoms with Crippen molar-refractivity contribution in [2.75, 3.05) is 4.90 Å². The first-order valence-electron chi connectivity index (χ1n) is 19.7. The molecule has 3 aliphatic rings. The normalized spacial score (nSPS) is 16.9. The fourth-order valence-electron chi connectivity index (χ4n) is 9.25. The van der Waals surface area contributed by atoms with Crippen molar-refractivity contribution >= 4 is 56.6 Å². The van der Waals surface area contributed by atoms with Crippen LogP contribution in [0.25, 0.3) is 39.1 Å². The summed E-state index contributed by atoms with van der Waals surface area (Å²) < 4.78 is 2.54. The maximum Gasteiger partial charge on any atom is 0.0750 e. The summed E-state index contributed by atoms with van der Waals surface area (Å²) >= 11 is 2.03. The molecule has 57 heavy (non-hydrogen) atoms. The molecule has 11 rings (SSSR count). The first-order valence-corrected chi connectivity index (χ1v) is 20.6. The fraction of sp³-hybridized carbons (Fsp3) is 0.0566. The van der Waals surface area contributed by atoms with E-state index in [4.69, 9.17) is 5.73 Å². The molecule has 3 heterocycles. The molecular weight excluding hydrogens is 711 g/mol. The molecule has 0 amide bonds. The van der Waals surface area contributed by atoms with Crippen molar-refractivity contribution < 1.29 is 0 Å². The summed E-state index contributed by atoms with van der Waals surface area (Å²) in [6.07, 6.45) is 5.23. The number of nitrogens with two attached hydrogens (primary N) is 1. The Labute approximate surface area is 337 Å². The molecular formula is C53H39N3S. The van der Waals surface area contributed by atoms with Crippen LogP contribution in [-0.4, -0.2) is 9.82 Å². The van der Waals surface area contributed by atoms with E-state index in [1.54, 1.807) is 0 Å². The summed E-state index contributed by atoms with van der Waals surface area (Å²) in [5.74, 6) is 0.169. The smallest absolute Gasteiger partial charge is 0.0750 e. The van der Waals surface area contributed by atoms with Gasteiger partial charge in [-0.05, 0) is 93.9 Å². The maximum atomic E-state index is 6.78. The molecule has 0 saturated heterocycles. The third kappa shape index (κ3) is 5.51. The van der Waals surface area contributed by atoms with Crippen molar-refractivity contribution in [3.8, 4) is 5.69 Å². The predicted molar refractivity (Wildman–Crippen MR) is 239 cm³/mol. The van der Waals surface area contributed by atoms with Gasteiger partial charge in [0.15, 0.2) is 0 Å². The van der Waals surface area contributed by atoms with E-state index in [9.17, 15) is 0 Å². The van der Waals surface area contributed by atoms with E-state index in [0.717, 1.165) is 34.5 Å². The molecule has 2 unspecified atom stereocenters. The number of fused-ring (bicyclic) bond motifs is 10. The van der Waals surface area contributed by atoms with E-state index in [2.05, 4.69) is 191 Å². The van der Waals surface area contributed by atoms with Gasteiger partial charge in [-0.3, -0.25) is 0 Å². The second-order valence-corrected chi connectivity index (χ2v) is 16.2. The maximum absolute atomic E-state index is 6.78. The summed E-state index contributed by atoms with van der Waals surface area (Å²) in [6, 6.07) is 68.0. The van der Waals surface area contributed by atoms with E-state index in [-0.39, 0.29) is 11.2 Å². The van der Waals surface area contributed by atoms with Crippen molar-refractivity contribution in [3.05, 3.63) is 239 Å². The van der Waals surface area contributed by atoms with Crippen molar-refractivity contribution in [1.29, 1.82) is 0 Å². The molecule has 0 radical (unpaired) electrons. The lowest BCUT2D eigenvalue weighted by Gasteiger charge is -2.30. The third-order valence-electron chi connectivity index (χ3n) is 11.7. The van der Waals surface area contributed by atoms with Gasteiger partial charge in [0.1, 0.15) is 0 Å². The average Bonchev–Trinajstić information content (AvgIpc) is 3.94. The largest absolute Gasteiger partial charge is 0.398 e. The minimum absolute atomic E-state index is 0.169. The molecule has 1 aliphatic carbocycles. The van der Waals surface area contributed by atoms with E-state index < -0.39 is 0 Å². The van der Waals surface area contributed by atoms with Gasteiger partial charge in [0, 0.05) is 49.4 Å². The number of thioether (sulfide) groups is 1. The number of benzene rings is 7.